The van der Waals surface area contributed by atoms with Crippen LogP contribution in [-0.2, 0) is 9.47 Å². The molecule has 54 valence electrons. The van der Waals surface area contributed by atoms with Crippen molar-refractivity contribution >= 4 is 0 Å². The Labute approximate surface area is 65.2 Å². The first-order valence-electron chi connectivity index (χ1n) is 3.19. The monoisotopic (exact) mass is 241 g/mol. The molecular weight excluding hydrogens is 231 g/mol. The minimum absolute atomic E-state index is 0.227. The van der Waals surface area contributed by atoms with Gasteiger partial charge in [0.1, 0.15) is 0 Å². The molecule has 3 heteroatoms. The van der Waals surface area contributed by atoms with Crippen molar-refractivity contribution in [2.75, 3.05) is 11.2 Å². The van der Waals surface area contributed by atoms with E-state index in [1.807, 2.05) is 0 Å². The first-order valence-corrected chi connectivity index (χ1v) is 5.96. The molecule has 0 amide bonds. The van der Waals surface area contributed by atoms with E-state index in [2.05, 4.69) is 6.92 Å². The van der Waals surface area contributed by atoms with Gasteiger partial charge in [-0.15, -0.1) is 0 Å². The van der Waals surface area contributed by atoms with E-state index in [4.69, 9.17) is 9.47 Å². The summed E-state index contributed by atoms with van der Waals surface area (Å²) in [5.41, 5.74) is 0. The maximum absolute atomic E-state index is 5.51. The summed E-state index contributed by atoms with van der Waals surface area (Å²) in [6.45, 7) is 3.13. The quantitative estimate of drug-likeness (QED) is 0.343. The molecule has 3 atom stereocenters. The van der Waals surface area contributed by atoms with Crippen molar-refractivity contribution in [3.05, 3.63) is 0 Å². The van der Waals surface area contributed by atoms with E-state index in [-0.39, 0.29) is 21.2 Å². The molecule has 0 aromatic carbocycles. The van der Waals surface area contributed by atoms with Crippen molar-refractivity contribution in [2.45, 2.75) is 17.1 Å². The third-order valence-corrected chi connectivity index (χ3v) is 4.46. The molecule has 9 heavy (non-hydrogen) atoms. The molecule has 2 nitrogen and oxygen atoms in total. The zero-order valence-electron chi connectivity index (χ0n) is 5.34. The maximum atomic E-state index is 5.51. The van der Waals surface area contributed by atoms with E-state index in [0.717, 1.165) is 11.2 Å². The SMILES string of the molecule is CC1COC2[I-]COC12. The van der Waals surface area contributed by atoms with Gasteiger partial charge < -0.3 is 0 Å². The zero-order chi connectivity index (χ0) is 6.27. The summed E-state index contributed by atoms with van der Waals surface area (Å²) in [7, 11) is 0. The predicted octanol–water partition coefficient (Wildman–Crippen LogP) is -2.58. The first kappa shape index (κ1) is 6.37. The van der Waals surface area contributed by atoms with Crippen molar-refractivity contribution in [1.29, 1.82) is 0 Å². The van der Waals surface area contributed by atoms with Crippen molar-refractivity contribution in [3.63, 3.8) is 0 Å². The number of fused-ring (bicyclic) bond motifs is 1. The van der Waals surface area contributed by atoms with Crippen molar-refractivity contribution in [2.24, 2.45) is 5.92 Å². The number of hydrogen-bond acceptors (Lipinski definition) is 2. The Bertz CT molecular complexity index is 118. The van der Waals surface area contributed by atoms with Crippen LogP contribution in [0.1, 0.15) is 6.92 Å². The number of ether oxygens (including phenoxy) is 2. The molecule has 2 heterocycles. The molecule has 2 rings (SSSR count). The number of hydrogen-bond donors (Lipinski definition) is 0. The molecule has 0 aliphatic carbocycles. The van der Waals surface area contributed by atoms with Crippen LogP contribution in [0.4, 0.5) is 0 Å². The van der Waals surface area contributed by atoms with Crippen LogP contribution in [0, 0.1) is 5.92 Å². The summed E-state index contributed by atoms with van der Waals surface area (Å²) in [4.78, 5) is 0. The summed E-state index contributed by atoms with van der Waals surface area (Å²) in [5, 5.41) is 0. The topological polar surface area (TPSA) is 18.5 Å². The Kier molecular flexibility index (Phi) is 1.67. The molecule has 2 saturated heterocycles. The molecule has 0 N–H and O–H groups in total. The van der Waals surface area contributed by atoms with E-state index in [9.17, 15) is 0 Å². The summed E-state index contributed by atoms with van der Waals surface area (Å²) in [6.07, 6.45) is 0.470. The van der Waals surface area contributed by atoms with Crippen LogP contribution in [0.15, 0.2) is 0 Å². The number of alkyl halides is 2. The van der Waals surface area contributed by atoms with Crippen molar-refractivity contribution in [3.8, 4) is 0 Å². The van der Waals surface area contributed by atoms with Gasteiger partial charge in [0.25, 0.3) is 0 Å². The fourth-order valence-electron chi connectivity index (χ4n) is 1.24. The Hall–Kier alpha value is 0.650. The second kappa shape index (κ2) is 2.36. The van der Waals surface area contributed by atoms with Gasteiger partial charge in [0, 0.05) is 0 Å². The van der Waals surface area contributed by atoms with Gasteiger partial charge in [-0.3, -0.25) is 0 Å². The van der Waals surface area contributed by atoms with Crippen molar-refractivity contribution in [1.82, 2.24) is 0 Å². The average Bonchev–Trinajstić information content (AvgIpc) is 2.35. The normalized spacial score (nSPS) is 50.6. The van der Waals surface area contributed by atoms with E-state index < -0.39 is 0 Å². The third kappa shape index (κ3) is 0.991. The van der Waals surface area contributed by atoms with Gasteiger partial charge in [0.15, 0.2) is 0 Å². The summed E-state index contributed by atoms with van der Waals surface area (Å²) < 4.78 is 12.6. The Balaban J connectivity index is 2.07. The van der Waals surface area contributed by atoms with Crippen LogP contribution in [0.2, 0.25) is 0 Å². The van der Waals surface area contributed by atoms with Crippen molar-refractivity contribution < 1.29 is 30.7 Å². The summed E-state index contributed by atoms with van der Waals surface area (Å²) in [6, 6.07) is 0. The standard InChI is InChI=1S/C6H10IO2/c1-4-2-8-6-5(4)9-3-7-6/h4-6H,2-3H2,1H3/q-1. The van der Waals surface area contributed by atoms with E-state index in [0.29, 0.717) is 16.1 Å². The summed E-state index contributed by atoms with van der Waals surface area (Å²) in [5.74, 6) is 0.650. The van der Waals surface area contributed by atoms with Crippen LogP contribution < -0.4 is 21.2 Å². The molecule has 2 fully saturated rings. The summed E-state index contributed by atoms with van der Waals surface area (Å²) >= 11 is 0.227. The van der Waals surface area contributed by atoms with Gasteiger partial charge in [-0.1, -0.05) is 0 Å². The van der Waals surface area contributed by atoms with Crippen LogP contribution in [0.5, 0.6) is 0 Å². The molecule has 0 saturated carbocycles. The zero-order valence-corrected chi connectivity index (χ0v) is 7.50. The van der Waals surface area contributed by atoms with E-state index in [1.165, 1.54) is 0 Å². The average molecular weight is 241 g/mol. The van der Waals surface area contributed by atoms with Gasteiger partial charge in [-0.05, 0) is 0 Å². The molecule has 0 radical (unpaired) electrons. The number of halogens is 1. The molecule has 0 aromatic rings. The first-order chi connectivity index (χ1) is 4.38. The van der Waals surface area contributed by atoms with E-state index >= 15 is 0 Å². The number of rotatable bonds is 0. The minimum atomic E-state index is 0.227. The Morgan fingerprint density at radius 2 is 2.33 bits per heavy atom. The molecule has 3 unspecified atom stereocenters. The van der Waals surface area contributed by atoms with Gasteiger partial charge in [0.2, 0.25) is 0 Å². The Morgan fingerprint density at radius 3 is 3.11 bits per heavy atom. The molecule has 2 aliphatic rings. The molecule has 0 aromatic heterocycles. The predicted molar refractivity (Wildman–Crippen MR) is 28.6 cm³/mol. The molecule has 0 bridgehead atoms. The van der Waals surface area contributed by atoms with Gasteiger partial charge in [-0.25, -0.2) is 0 Å². The van der Waals surface area contributed by atoms with Gasteiger partial charge in [0.05, 0.1) is 0 Å². The molecule has 2 aliphatic heterocycles. The fraction of sp³-hybridized carbons (Fsp3) is 1.00. The molecular formula is C6H10IO2-. The van der Waals surface area contributed by atoms with E-state index in [1.54, 1.807) is 0 Å². The van der Waals surface area contributed by atoms with Gasteiger partial charge >= 0.3 is 65.0 Å². The van der Waals surface area contributed by atoms with Crippen LogP contribution >= 0.6 is 0 Å². The second-order valence-electron chi connectivity index (χ2n) is 2.56. The van der Waals surface area contributed by atoms with Crippen LogP contribution in [0.25, 0.3) is 0 Å². The third-order valence-electron chi connectivity index (χ3n) is 1.81. The molecule has 0 spiro atoms. The van der Waals surface area contributed by atoms with Crippen LogP contribution in [0.3, 0.4) is 0 Å². The van der Waals surface area contributed by atoms with Crippen LogP contribution in [-0.4, -0.2) is 21.4 Å². The van der Waals surface area contributed by atoms with Gasteiger partial charge in [-0.2, -0.15) is 0 Å². The second-order valence-corrected chi connectivity index (χ2v) is 5.29. The fourth-order valence-corrected chi connectivity index (χ4v) is 4.09. The Morgan fingerprint density at radius 1 is 1.44 bits per heavy atom.